The molecular formula is C17H21ClN6O2. The Hall–Kier alpha value is -2.61. The number of anilines is 2. The van der Waals surface area contributed by atoms with Crippen molar-refractivity contribution in [3.8, 4) is 5.75 Å². The fourth-order valence-corrected chi connectivity index (χ4v) is 3.77. The first-order valence-corrected chi connectivity index (χ1v) is 8.54. The molecule has 26 heavy (non-hydrogen) atoms. The van der Waals surface area contributed by atoms with Crippen LogP contribution in [0.1, 0.15) is 34.7 Å². The van der Waals surface area contributed by atoms with Crippen LogP contribution in [0.25, 0.3) is 0 Å². The molecule has 1 aliphatic heterocycles. The molecular weight excluding hydrogens is 356 g/mol. The van der Waals surface area contributed by atoms with Gasteiger partial charge in [0.05, 0.1) is 19.3 Å². The number of rotatable bonds is 5. The summed E-state index contributed by atoms with van der Waals surface area (Å²) in [6.45, 7) is 4.93. The molecule has 0 saturated carbocycles. The van der Waals surface area contributed by atoms with Gasteiger partial charge in [-0.3, -0.25) is 9.78 Å². The van der Waals surface area contributed by atoms with E-state index in [-0.39, 0.29) is 23.4 Å². The van der Waals surface area contributed by atoms with Crippen LogP contribution in [0.4, 0.5) is 11.8 Å². The highest BCUT2D eigenvalue weighted by atomic mass is 35.5. The minimum Gasteiger partial charge on any atom is -0.496 e. The monoisotopic (exact) mass is 376 g/mol. The van der Waals surface area contributed by atoms with E-state index in [1.165, 1.54) is 0 Å². The molecule has 0 aliphatic carbocycles. The van der Waals surface area contributed by atoms with E-state index in [0.29, 0.717) is 24.5 Å². The van der Waals surface area contributed by atoms with E-state index < -0.39 is 5.91 Å². The number of carbonyl (C=O) groups is 1. The summed E-state index contributed by atoms with van der Waals surface area (Å²) < 4.78 is 5.48. The molecule has 0 saturated heterocycles. The van der Waals surface area contributed by atoms with Crippen molar-refractivity contribution in [1.29, 1.82) is 0 Å². The zero-order chi connectivity index (χ0) is 19.0. The fraction of sp³-hybridized carbons (Fsp3) is 0.412. The van der Waals surface area contributed by atoms with Crippen LogP contribution in [0.3, 0.4) is 0 Å². The lowest BCUT2D eigenvalue weighted by Crippen LogP contribution is -2.25. The van der Waals surface area contributed by atoms with Gasteiger partial charge >= 0.3 is 0 Å². The fourth-order valence-electron chi connectivity index (χ4n) is 3.44. The first-order chi connectivity index (χ1) is 12.3. The number of nitrogens with two attached hydrogens (primary N) is 2. The summed E-state index contributed by atoms with van der Waals surface area (Å²) in [7, 11) is 1.64. The number of methoxy groups -OCH3 is 1. The highest BCUT2D eigenvalue weighted by Gasteiger charge is 2.35. The minimum atomic E-state index is -0.401. The van der Waals surface area contributed by atoms with Gasteiger partial charge in [0.15, 0.2) is 0 Å². The SMILES string of the molecule is COc1c(C)cnc(CN2C[C@@H](CC(N)=O)c3c(Cl)nc(N)nc32)c1C. The summed E-state index contributed by atoms with van der Waals surface area (Å²) in [6.07, 6.45) is 1.94. The van der Waals surface area contributed by atoms with Crippen LogP contribution >= 0.6 is 11.6 Å². The molecule has 0 unspecified atom stereocenters. The second-order valence-corrected chi connectivity index (χ2v) is 6.76. The third-order valence-corrected chi connectivity index (χ3v) is 4.87. The zero-order valence-electron chi connectivity index (χ0n) is 14.9. The van der Waals surface area contributed by atoms with Crippen molar-refractivity contribution >= 4 is 29.3 Å². The number of amides is 1. The number of ether oxygens (including phenoxy) is 1. The van der Waals surface area contributed by atoms with Crippen LogP contribution in [0, 0.1) is 13.8 Å². The lowest BCUT2D eigenvalue weighted by molar-refractivity contribution is -0.118. The maximum atomic E-state index is 11.4. The Kier molecular flexibility index (Phi) is 4.86. The maximum Gasteiger partial charge on any atom is 0.223 e. The average Bonchev–Trinajstić information content (AvgIpc) is 2.87. The summed E-state index contributed by atoms with van der Waals surface area (Å²) in [4.78, 5) is 26.3. The Morgan fingerprint density at radius 1 is 1.42 bits per heavy atom. The maximum absolute atomic E-state index is 11.4. The minimum absolute atomic E-state index is 0.0876. The normalized spacial score (nSPS) is 15.8. The van der Waals surface area contributed by atoms with Gasteiger partial charge in [0.25, 0.3) is 0 Å². The molecule has 0 radical (unpaired) electrons. The largest absolute Gasteiger partial charge is 0.496 e. The van der Waals surface area contributed by atoms with Crippen molar-refractivity contribution < 1.29 is 9.53 Å². The number of pyridine rings is 1. The van der Waals surface area contributed by atoms with Crippen LogP contribution in [0.5, 0.6) is 5.75 Å². The molecule has 2 aromatic rings. The van der Waals surface area contributed by atoms with Crippen LogP contribution in [-0.2, 0) is 11.3 Å². The number of aromatic nitrogens is 3. The van der Waals surface area contributed by atoms with Crippen molar-refractivity contribution in [3.63, 3.8) is 0 Å². The van der Waals surface area contributed by atoms with Crippen LogP contribution in [0.15, 0.2) is 6.20 Å². The molecule has 3 rings (SSSR count). The summed E-state index contributed by atoms with van der Waals surface area (Å²) in [5.74, 6) is 0.938. The number of fused-ring (bicyclic) bond motifs is 1. The predicted molar refractivity (Wildman–Crippen MR) is 99.3 cm³/mol. The van der Waals surface area contributed by atoms with E-state index in [9.17, 15) is 4.79 Å². The number of primary amides is 1. The third kappa shape index (κ3) is 3.24. The van der Waals surface area contributed by atoms with E-state index in [0.717, 1.165) is 22.6 Å². The first kappa shape index (κ1) is 18.2. The Morgan fingerprint density at radius 2 is 2.15 bits per heavy atom. The van der Waals surface area contributed by atoms with Gasteiger partial charge in [-0.05, 0) is 13.8 Å². The molecule has 8 nitrogen and oxygen atoms in total. The molecule has 0 aromatic carbocycles. The van der Waals surface area contributed by atoms with Gasteiger partial charge in [-0.25, -0.2) is 4.98 Å². The lowest BCUT2D eigenvalue weighted by atomic mass is 10.0. The van der Waals surface area contributed by atoms with Gasteiger partial charge in [0.1, 0.15) is 16.7 Å². The number of hydrogen-bond acceptors (Lipinski definition) is 7. The van der Waals surface area contributed by atoms with E-state index in [4.69, 9.17) is 27.8 Å². The van der Waals surface area contributed by atoms with Crippen molar-refractivity contribution in [2.24, 2.45) is 5.73 Å². The Labute approximate surface area is 156 Å². The number of aryl methyl sites for hydroxylation is 1. The second kappa shape index (κ2) is 6.95. The predicted octanol–water partition coefficient (Wildman–Crippen LogP) is 1.71. The molecule has 138 valence electrons. The smallest absolute Gasteiger partial charge is 0.223 e. The highest BCUT2D eigenvalue weighted by Crippen LogP contribution is 2.41. The van der Waals surface area contributed by atoms with E-state index in [2.05, 4.69) is 15.0 Å². The van der Waals surface area contributed by atoms with Gasteiger partial charge < -0.3 is 21.1 Å². The molecule has 0 spiro atoms. The average molecular weight is 377 g/mol. The molecule has 0 fully saturated rings. The van der Waals surface area contributed by atoms with Crippen LogP contribution in [-0.4, -0.2) is 34.5 Å². The number of nitrogens with zero attached hydrogens (tertiary/aromatic N) is 4. The molecule has 0 bridgehead atoms. The molecule has 9 heteroatoms. The Morgan fingerprint density at radius 3 is 2.81 bits per heavy atom. The molecule has 2 aromatic heterocycles. The van der Waals surface area contributed by atoms with Crippen molar-refractivity contribution in [2.45, 2.75) is 32.7 Å². The summed E-state index contributed by atoms with van der Waals surface area (Å²) in [5.41, 5.74) is 14.6. The number of hydrogen-bond donors (Lipinski definition) is 2. The van der Waals surface area contributed by atoms with Gasteiger partial charge in [-0.1, -0.05) is 11.6 Å². The lowest BCUT2D eigenvalue weighted by Gasteiger charge is -2.21. The van der Waals surface area contributed by atoms with Gasteiger partial charge in [0, 0.05) is 41.8 Å². The Bertz CT molecular complexity index is 873. The van der Waals surface area contributed by atoms with Crippen molar-refractivity contribution in [1.82, 2.24) is 15.0 Å². The van der Waals surface area contributed by atoms with Gasteiger partial charge in [0.2, 0.25) is 11.9 Å². The van der Waals surface area contributed by atoms with Crippen molar-refractivity contribution in [2.75, 3.05) is 24.3 Å². The van der Waals surface area contributed by atoms with Crippen LogP contribution in [0.2, 0.25) is 5.15 Å². The molecule has 3 heterocycles. The molecule has 1 aliphatic rings. The van der Waals surface area contributed by atoms with E-state index in [1.807, 2.05) is 18.7 Å². The van der Waals surface area contributed by atoms with E-state index in [1.54, 1.807) is 13.3 Å². The van der Waals surface area contributed by atoms with E-state index >= 15 is 0 Å². The van der Waals surface area contributed by atoms with Gasteiger partial charge in [-0.15, -0.1) is 0 Å². The summed E-state index contributed by atoms with van der Waals surface area (Å²) >= 11 is 6.28. The standard InChI is InChI=1S/C17H21ClN6O2/c1-8-5-21-11(9(2)14(8)26-3)7-24-6-10(4-12(19)25)13-15(18)22-17(20)23-16(13)24/h5,10H,4,6-7H2,1-3H3,(H2,19,25)(H2,20,22,23)/t10-/m1/s1. The van der Waals surface area contributed by atoms with Crippen molar-refractivity contribution in [3.05, 3.63) is 33.7 Å². The summed E-state index contributed by atoms with van der Waals surface area (Å²) in [5, 5.41) is 0.257. The second-order valence-electron chi connectivity index (χ2n) is 6.40. The van der Waals surface area contributed by atoms with Crippen LogP contribution < -0.4 is 21.1 Å². The zero-order valence-corrected chi connectivity index (χ0v) is 15.7. The quantitative estimate of drug-likeness (QED) is 0.762. The van der Waals surface area contributed by atoms with Gasteiger partial charge in [-0.2, -0.15) is 4.98 Å². The first-order valence-electron chi connectivity index (χ1n) is 8.17. The number of carbonyl (C=O) groups excluding carboxylic acids is 1. The Balaban J connectivity index is 1.99. The summed E-state index contributed by atoms with van der Waals surface area (Å²) in [6, 6.07) is 0. The number of nitrogen functional groups attached to an aromatic ring is 1. The molecule has 1 atom stereocenters. The third-order valence-electron chi connectivity index (χ3n) is 4.58. The topological polar surface area (TPSA) is 120 Å². The molecule has 4 N–H and O–H groups in total. The highest BCUT2D eigenvalue weighted by molar-refractivity contribution is 6.30. The number of halogens is 1. The molecule has 1 amide bonds.